The highest BCUT2D eigenvalue weighted by Gasteiger charge is 2.28. The summed E-state index contributed by atoms with van der Waals surface area (Å²) in [5.74, 6) is 0.536. The minimum atomic E-state index is -0.132. The summed E-state index contributed by atoms with van der Waals surface area (Å²) in [5.41, 5.74) is 0.711. The molecule has 0 bridgehead atoms. The number of hydrogen-bond acceptors (Lipinski definition) is 5. The van der Waals surface area contributed by atoms with Crippen molar-refractivity contribution in [2.45, 2.75) is 19.8 Å². The largest absolute Gasteiger partial charge is 0.466 e. The number of piperidine rings is 1. The third-order valence-corrected chi connectivity index (χ3v) is 3.88. The summed E-state index contributed by atoms with van der Waals surface area (Å²) in [6, 6.07) is 1.93. The Labute approximate surface area is 127 Å². The maximum atomic E-state index is 11.9. The van der Waals surface area contributed by atoms with Crippen LogP contribution in [0.1, 0.15) is 19.8 Å². The van der Waals surface area contributed by atoms with Gasteiger partial charge in [-0.2, -0.15) is 9.97 Å². The monoisotopic (exact) mass is 308 g/mol. The quantitative estimate of drug-likeness (QED) is 0.696. The molecule has 1 N–H and O–H groups in total. The lowest BCUT2D eigenvalue weighted by molar-refractivity contribution is -0.148. The third kappa shape index (κ3) is 2.81. The Morgan fingerprint density at radius 2 is 2.43 bits per heavy atom. The number of H-pyrrole nitrogens is 1. The second-order valence-electron chi connectivity index (χ2n) is 5.09. The van der Waals surface area contributed by atoms with Crippen LogP contribution in [-0.4, -0.2) is 40.6 Å². The van der Waals surface area contributed by atoms with Crippen molar-refractivity contribution in [2.75, 3.05) is 24.6 Å². The Morgan fingerprint density at radius 3 is 3.24 bits per heavy atom. The summed E-state index contributed by atoms with van der Waals surface area (Å²) in [6.07, 6.45) is 3.59. The molecule has 0 aromatic carbocycles. The fourth-order valence-corrected chi connectivity index (χ4v) is 2.93. The summed E-state index contributed by atoms with van der Waals surface area (Å²) < 4.78 is 5.13. The van der Waals surface area contributed by atoms with Crippen LogP contribution in [0.2, 0.25) is 5.28 Å². The van der Waals surface area contributed by atoms with Gasteiger partial charge in [0.25, 0.3) is 0 Å². The zero-order valence-corrected chi connectivity index (χ0v) is 12.6. The van der Waals surface area contributed by atoms with Crippen LogP contribution in [0.4, 0.5) is 5.82 Å². The van der Waals surface area contributed by atoms with E-state index in [2.05, 4.69) is 19.9 Å². The van der Waals surface area contributed by atoms with Gasteiger partial charge >= 0.3 is 5.97 Å². The van der Waals surface area contributed by atoms with E-state index < -0.39 is 0 Å². The van der Waals surface area contributed by atoms with Gasteiger partial charge in [0, 0.05) is 19.3 Å². The van der Waals surface area contributed by atoms with Gasteiger partial charge in [0.15, 0.2) is 0 Å². The number of hydrogen-bond donors (Lipinski definition) is 1. The van der Waals surface area contributed by atoms with Gasteiger partial charge in [-0.1, -0.05) is 0 Å². The first kappa shape index (κ1) is 14.1. The number of esters is 1. The smallest absolute Gasteiger partial charge is 0.310 e. The van der Waals surface area contributed by atoms with E-state index in [4.69, 9.17) is 16.3 Å². The number of carbonyl (C=O) groups is 1. The average molecular weight is 309 g/mol. The van der Waals surface area contributed by atoms with Crippen molar-refractivity contribution in [1.82, 2.24) is 15.0 Å². The molecule has 1 saturated heterocycles. The van der Waals surface area contributed by atoms with Gasteiger partial charge in [0.1, 0.15) is 11.5 Å². The standard InChI is InChI=1S/C14H17ClN4O2/c1-2-21-13(20)9-4-3-7-19(8-9)12-10-5-6-16-11(10)17-14(15)18-12/h5-6,9H,2-4,7-8H2,1H3,(H,16,17,18). The average Bonchev–Trinajstić information content (AvgIpc) is 2.95. The molecule has 0 saturated carbocycles. The molecule has 1 aliphatic rings. The Balaban J connectivity index is 1.88. The first-order chi connectivity index (χ1) is 10.2. The lowest BCUT2D eigenvalue weighted by Gasteiger charge is -2.32. The van der Waals surface area contributed by atoms with E-state index in [1.807, 2.05) is 19.2 Å². The molecule has 1 unspecified atom stereocenters. The van der Waals surface area contributed by atoms with Gasteiger partial charge in [-0.05, 0) is 37.4 Å². The summed E-state index contributed by atoms with van der Waals surface area (Å²) in [7, 11) is 0. The first-order valence-electron chi connectivity index (χ1n) is 7.11. The van der Waals surface area contributed by atoms with Crippen molar-refractivity contribution in [3.8, 4) is 0 Å². The van der Waals surface area contributed by atoms with Crippen molar-refractivity contribution >= 4 is 34.4 Å². The number of carbonyl (C=O) groups excluding carboxylic acids is 1. The molecule has 112 valence electrons. The van der Waals surface area contributed by atoms with Crippen molar-refractivity contribution in [3.05, 3.63) is 17.5 Å². The molecular formula is C14H17ClN4O2. The number of aromatic nitrogens is 3. The van der Waals surface area contributed by atoms with Gasteiger partial charge in [-0.25, -0.2) is 0 Å². The van der Waals surface area contributed by atoms with E-state index in [0.29, 0.717) is 18.8 Å². The van der Waals surface area contributed by atoms with Gasteiger partial charge < -0.3 is 14.6 Å². The normalized spacial score (nSPS) is 19.0. The number of fused-ring (bicyclic) bond motifs is 1. The number of ether oxygens (including phenoxy) is 1. The second kappa shape index (κ2) is 5.89. The predicted octanol–water partition coefficient (Wildman–Crippen LogP) is 2.39. The lowest BCUT2D eigenvalue weighted by atomic mass is 9.98. The van der Waals surface area contributed by atoms with Crippen LogP contribution in [0.3, 0.4) is 0 Å². The number of nitrogens with zero attached hydrogens (tertiary/aromatic N) is 3. The number of rotatable bonds is 3. The minimum absolute atomic E-state index is 0.110. The van der Waals surface area contributed by atoms with Crippen LogP contribution in [0.15, 0.2) is 12.3 Å². The van der Waals surface area contributed by atoms with Crippen molar-refractivity contribution in [3.63, 3.8) is 0 Å². The molecule has 3 rings (SSSR count). The van der Waals surface area contributed by atoms with Crippen molar-refractivity contribution in [2.24, 2.45) is 5.92 Å². The second-order valence-corrected chi connectivity index (χ2v) is 5.43. The molecule has 21 heavy (non-hydrogen) atoms. The Hall–Kier alpha value is -1.82. The number of nitrogens with one attached hydrogen (secondary N) is 1. The molecule has 1 atom stereocenters. The van der Waals surface area contributed by atoms with Crippen LogP contribution in [0, 0.1) is 5.92 Å². The minimum Gasteiger partial charge on any atom is -0.466 e. The van der Waals surface area contributed by atoms with E-state index in [1.54, 1.807) is 0 Å². The molecule has 6 nitrogen and oxygen atoms in total. The zero-order chi connectivity index (χ0) is 14.8. The molecule has 2 aromatic heterocycles. The third-order valence-electron chi connectivity index (χ3n) is 3.71. The van der Waals surface area contributed by atoms with E-state index >= 15 is 0 Å². The highest BCUT2D eigenvalue weighted by atomic mass is 35.5. The van der Waals surface area contributed by atoms with Gasteiger partial charge in [-0.3, -0.25) is 4.79 Å². The van der Waals surface area contributed by atoms with E-state index in [9.17, 15) is 4.79 Å². The predicted molar refractivity (Wildman–Crippen MR) is 80.5 cm³/mol. The SMILES string of the molecule is CCOC(=O)C1CCCN(c2nc(Cl)nc3[nH]ccc23)C1. The topological polar surface area (TPSA) is 71.1 Å². The van der Waals surface area contributed by atoms with Crippen LogP contribution in [-0.2, 0) is 9.53 Å². The summed E-state index contributed by atoms with van der Waals surface area (Å²) >= 11 is 5.99. The molecule has 3 heterocycles. The molecule has 1 aliphatic heterocycles. The van der Waals surface area contributed by atoms with E-state index in [1.165, 1.54) is 0 Å². The molecule has 0 spiro atoms. The van der Waals surface area contributed by atoms with Gasteiger partial charge in [-0.15, -0.1) is 0 Å². The number of anilines is 1. The van der Waals surface area contributed by atoms with E-state index in [0.717, 1.165) is 30.6 Å². The molecule has 0 aliphatic carbocycles. The highest BCUT2D eigenvalue weighted by molar-refractivity contribution is 6.28. The summed E-state index contributed by atoms with van der Waals surface area (Å²) in [5, 5.41) is 1.13. The highest BCUT2D eigenvalue weighted by Crippen LogP contribution is 2.29. The van der Waals surface area contributed by atoms with Crippen molar-refractivity contribution < 1.29 is 9.53 Å². The van der Waals surface area contributed by atoms with Crippen LogP contribution >= 0.6 is 11.6 Å². The van der Waals surface area contributed by atoms with E-state index in [-0.39, 0.29) is 17.2 Å². The Morgan fingerprint density at radius 1 is 1.57 bits per heavy atom. The number of halogens is 1. The van der Waals surface area contributed by atoms with Gasteiger partial charge in [0.2, 0.25) is 5.28 Å². The summed E-state index contributed by atoms with van der Waals surface area (Å²) in [6.45, 7) is 3.69. The van der Waals surface area contributed by atoms with Crippen LogP contribution < -0.4 is 4.90 Å². The fraction of sp³-hybridized carbons (Fsp3) is 0.500. The first-order valence-corrected chi connectivity index (χ1v) is 7.49. The van der Waals surface area contributed by atoms with Crippen molar-refractivity contribution in [1.29, 1.82) is 0 Å². The van der Waals surface area contributed by atoms with Gasteiger partial charge in [0.05, 0.1) is 17.9 Å². The van der Waals surface area contributed by atoms with Crippen LogP contribution in [0.25, 0.3) is 11.0 Å². The van der Waals surface area contributed by atoms with Crippen LogP contribution in [0.5, 0.6) is 0 Å². The summed E-state index contributed by atoms with van der Waals surface area (Å²) in [4.78, 5) is 25.6. The lowest BCUT2D eigenvalue weighted by Crippen LogP contribution is -2.40. The Bertz CT molecular complexity index is 657. The molecule has 0 amide bonds. The Kier molecular flexibility index (Phi) is 3.96. The fourth-order valence-electron chi connectivity index (χ4n) is 2.76. The molecular weight excluding hydrogens is 292 g/mol. The molecule has 7 heteroatoms. The maximum Gasteiger partial charge on any atom is 0.310 e. The molecule has 0 radical (unpaired) electrons. The maximum absolute atomic E-state index is 11.9. The zero-order valence-electron chi connectivity index (χ0n) is 11.8. The number of aromatic amines is 1. The molecule has 2 aromatic rings. The molecule has 1 fully saturated rings.